The topological polar surface area (TPSA) is 136 Å². The normalized spacial score (nSPS) is 13.5. The molecule has 6 N–H and O–H groups in total. The molecule has 26 heavy (non-hydrogen) atoms. The van der Waals surface area contributed by atoms with Gasteiger partial charge in [0.2, 0.25) is 5.95 Å². The van der Waals surface area contributed by atoms with Gasteiger partial charge in [-0.15, -0.1) is 11.3 Å². The van der Waals surface area contributed by atoms with Crippen LogP contribution in [0.4, 0.5) is 17.5 Å². The summed E-state index contributed by atoms with van der Waals surface area (Å²) in [6, 6.07) is 9.10. The van der Waals surface area contributed by atoms with Crippen LogP contribution in [0, 0.1) is 0 Å². The molecule has 4 rings (SSSR count). The van der Waals surface area contributed by atoms with Gasteiger partial charge < -0.3 is 22.1 Å². The number of anilines is 3. The largest absolute Gasteiger partial charge is 0.397 e. The highest BCUT2D eigenvalue weighted by atomic mass is 32.1. The first kappa shape index (κ1) is 16.3. The van der Waals surface area contributed by atoms with Crippen LogP contribution in [0.15, 0.2) is 30.3 Å². The van der Waals surface area contributed by atoms with Crippen LogP contribution in [-0.2, 0) is 0 Å². The smallest absolute Gasteiger partial charge is 0.260 e. The molecular formula is C17H16N6O2S. The number of hydrogen-bond acceptors (Lipinski definition) is 7. The first-order chi connectivity index (χ1) is 12.5. The second kappa shape index (κ2) is 6.26. The average molecular weight is 368 g/mol. The molecule has 0 spiro atoms. The number of carbonyl (C=O) groups excluding carboxylic acids is 2. The summed E-state index contributed by atoms with van der Waals surface area (Å²) in [4.78, 5) is 33.7. The minimum Gasteiger partial charge on any atom is -0.397 e. The van der Waals surface area contributed by atoms with Crippen molar-refractivity contribution < 1.29 is 9.59 Å². The molecule has 2 aromatic heterocycles. The molecule has 1 aliphatic carbocycles. The van der Waals surface area contributed by atoms with Crippen molar-refractivity contribution in [3.05, 3.63) is 40.8 Å². The van der Waals surface area contributed by atoms with E-state index in [9.17, 15) is 9.59 Å². The van der Waals surface area contributed by atoms with Crippen LogP contribution in [0.25, 0.3) is 10.2 Å². The van der Waals surface area contributed by atoms with Gasteiger partial charge >= 0.3 is 0 Å². The van der Waals surface area contributed by atoms with Crippen molar-refractivity contribution in [3.63, 3.8) is 0 Å². The SMILES string of the molecule is NC(=O)c1sc2nc(NC3CC3)nc(NC(=O)c3ccccc3)c2c1N. The summed E-state index contributed by atoms with van der Waals surface area (Å²) in [5, 5.41) is 6.39. The molecule has 1 saturated carbocycles. The van der Waals surface area contributed by atoms with E-state index in [4.69, 9.17) is 11.5 Å². The third kappa shape index (κ3) is 3.04. The van der Waals surface area contributed by atoms with E-state index < -0.39 is 5.91 Å². The molecule has 1 aromatic carbocycles. The maximum Gasteiger partial charge on any atom is 0.260 e. The average Bonchev–Trinajstić information content (AvgIpc) is 3.37. The Morgan fingerprint density at radius 1 is 1.15 bits per heavy atom. The Balaban J connectivity index is 1.79. The highest BCUT2D eigenvalue weighted by molar-refractivity contribution is 7.21. The van der Waals surface area contributed by atoms with E-state index in [-0.39, 0.29) is 22.3 Å². The zero-order valence-corrected chi connectivity index (χ0v) is 14.5. The van der Waals surface area contributed by atoms with Gasteiger partial charge in [0.05, 0.1) is 11.1 Å². The Kier molecular flexibility index (Phi) is 3.92. The summed E-state index contributed by atoms with van der Waals surface area (Å²) in [6.45, 7) is 0. The number of amides is 2. The quantitative estimate of drug-likeness (QED) is 0.545. The van der Waals surface area contributed by atoms with Crippen LogP contribution in [0.2, 0.25) is 0 Å². The molecular weight excluding hydrogens is 352 g/mol. The van der Waals surface area contributed by atoms with Gasteiger partial charge in [-0.1, -0.05) is 18.2 Å². The third-order valence-corrected chi connectivity index (χ3v) is 5.10. The van der Waals surface area contributed by atoms with E-state index in [1.54, 1.807) is 24.3 Å². The predicted octanol–water partition coefficient (Wildman–Crippen LogP) is 2.20. The number of primary amides is 1. The van der Waals surface area contributed by atoms with Gasteiger partial charge in [-0.2, -0.15) is 4.98 Å². The maximum absolute atomic E-state index is 12.5. The van der Waals surface area contributed by atoms with Crippen LogP contribution >= 0.6 is 11.3 Å². The molecule has 8 nitrogen and oxygen atoms in total. The van der Waals surface area contributed by atoms with E-state index >= 15 is 0 Å². The molecule has 1 fully saturated rings. The monoisotopic (exact) mass is 368 g/mol. The maximum atomic E-state index is 12.5. The number of benzene rings is 1. The molecule has 0 saturated heterocycles. The fourth-order valence-corrected chi connectivity index (χ4v) is 3.49. The van der Waals surface area contributed by atoms with Crippen LogP contribution < -0.4 is 22.1 Å². The first-order valence-electron chi connectivity index (χ1n) is 8.05. The number of thiophene rings is 1. The first-order valence-corrected chi connectivity index (χ1v) is 8.87. The Hall–Kier alpha value is -3.20. The number of nitrogens with two attached hydrogens (primary N) is 2. The molecule has 0 radical (unpaired) electrons. The number of aromatic nitrogens is 2. The summed E-state index contributed by atoms with van der Waals surface area (Å²) in [5.74, 6) is -0.314. The molecule has 2 heterocycles. The molecule has 132 valence electrons. The number of nitrogens with zero attached hydrogens (tertiary/aromatic N) is 2. The van der Waals surface area contributed by atoms with Crippen molar-refractivity contribution in [1.82, 2.24) is 9.97 Å². The molecule has 0 unspecified atom stereocenters. The van der Waals surface area contributed by atoms with Gasteiger partial charge in [-0.05, 0) is 25.0 Å². The van der Waals surface area contributed by atoms with E-state index in [1.807, 2.05) is 6.07 Å². The number of rotatable bonds is 5. The summed E-state index contributed by atoms with van der Waals surface area (Å²) < 4.78 is 0. The van der Waals surface area contributed by atoms with Crippen molar-refractivity contribution in [1.29, 1.82) is 0 Å². The fraction of sp³-hybridized carbons (Fsp3) is 0.176. The predicted molar refractivity (Wildman–Crippen MR) is 101 cm³/mol. The Bertz CT molecular complexity index is 1010. The van der Waals surface area contributed by atoms with Gasteiger partial charge in [0.1, 0.15) is 15.5 Å². The summed E-state index contributed by atoms with van der Waals surface area (Å²) >= 11 is 1.09. The molecule has 0 atom stereocenters. The Morgan fingerprint density at radius 3 is 2.54 bits per heavy atom. The van der Waals surface area contributed by atoms with E-state index in [0.717, 1.165) is 24.2 Å². The van der Waals surface area contributed by atoms with Gasteiger partial charge in [-0.3, -0.25) is 9.59 Å². The number of carbonyl (C=O) groups is 2. The standard InChI is InChI=1S/C17H16N6O2S/c18-11-10-14(21-15(25)8-4-2-1-3-5-8)22-17(20-9-6-7-9)23-16(10)26-12(11)13(19)24/h1-5,9H,6-7,18H2,(H2,19,24)(H2,20,21,22,23,25). The minimum atomic E-state index is -0.637. The molecule has 3 aromatic rings. The third-order valence-electron chi connectivity index (χ3n) is 3.99. The number of nitrogens with one attached hydrogen (secondary N) is 2. The lowest BCUT2D eigenvalue weighted by Crippen LogP contribution is -2.15. The van der Waals surface area contributed by atoms with Crippen molar-refractivity contribution in [2.45, 2.75) is 18.9 Å². The zero-order valence-electron chi connectivity index (χ0n) is 13.7. The van der Waals surface area contributed by atoms with Crippen LogP contribution in [0.5, 0.6) is 0 Å². The van der Waals surface area contributed by atoms with Gasteiger partial charge in [0, 0.05) is 11.6 Å². The van der Waals surface area contributed by atoms with Gasteiger partial charge in [0.15, 0.2) is 0 Å². The highest BCUT2D eigenvalue weighted by Gasteiger charge is 2.25. The number of hydrogen-bond donors (Lipinski definition) is 4. The molecule has 0 aliphatic heterocycles. The summed E-state index contributed by atoms with van der Waals surface area (Å²) in [7, 11) is 0. The van der Waals surface area contributed by atoms with Crippen molar-refractivity contribution in [3.8, 4) is 0 Å². The molecule has 0 bridgehead atoms. The van der Waals surface area contributed by atoms with Crippen molar-refractivity contribution >= 4 is 50.8 Å². The van der Waals surface area contributed by atoms with Crippen LogP contribution in [0.1, 0.15) is 32.9 Å². The Labute approximate surface area is 152 Å². The second-order valence-corrected chi connectivity index (χ2v) is 7.02. The number of nitrogen functional groups attached to an aromatic ring is 1. The van der Waals surface area contributed by atoms with Gasteiger partial charge in [0.25, 0.3) is 11.8 Å². The lowest BCUT2D eigenvalue weighted by molar-refractivity contribution is 0.100. The van der Waals surface area contributed by atoms with Crippen molar-refractivity contribution in [2.24, 2.45) is 5.73 Å². The lowest BCUT2D eigenvalue weighted by atomic mass is 10.2. The van der Waals surface area contributed by atoms with Gasteiger partial charge in [-0.25, -0.2) is 4.98 Å². The number of fused-ring (bicyclic) bond motifs is 1. The summed E-state index contributed by atoms with van der Waals surface area (Å²) in [5.41, 5.74) is 12.1. The fourth-order valence-electron chi connectivity index (χ4n) is 2.54. The highest BCUT2D eigenvalue weighted by Crippen LogP contribution is 2.37. The minimum absolute atomic E-state index is 0.179. The second-order valence-electron chi connectivity index (χ2n) is 6.02. The molecule has 9 heteroatoms. The molecule has 1 aliphatic rings. The van der Waals surface area contributed by atoms with E-state index in [1.165, 1.54) is 0 Å². The molecule has 2 amide bonds. The van der Waals surface area contributed by atoms with Crippen LogP contribution in [-0.4, -0.2) is 27.8 Å². The van der Waals surface area contributed by atoms with Crippen LogP contribution in [0.3, 0.4) is 0 Å². The van der Waals surface area contributed by atoms with Crippen molar-refractivity contribution in [2.75, 3.05) is 16.4 Å². The van der Waals surface area contributed by atoms with E-state index in [0.29, 0.717) is 27.8 Å². The lowest BCUT2D eigenvalue weighted by Gasteiger charge is -2.09. The van der Waals surface area contributed by atoms with E-state index in [2.05, 4.69) is 20.6 Å². The zero-order chi connectivity index (χ0) is 18.3. The Morgan fingerprint density at radius 2 is 1.88 bits per heavy atom. The summed E-state index contributed by atoms with van der Waals surface area (Å²) in [6.07, 6.45) is 2.10.